The molecule has 0 aliphatic heterocycles. The summed E-state index contributed by atoms with van der Waals surface area (Å²) >= 11 is 0. The summed E-state index contributed by atoms with van der Waals surface area (Å²) in [5.41, 5.74) is -2.53. The van der Waals surface area contributed by atoms with Crippen molar-refractivity contribution < 1.29 is 41.2 Å². The SMILES string of the molecule is CCCCc1nc(C(F)(F)F)c(C(=O)O)n1Cc1ccc(-c2ccccc2S(=O)(=O)NC(=O)c2ccccc2[N+](=O)[O-])cc1. The smallest absolute Gasteiger partial charge is 0.435 e. The van der Waals surface area contributed by atoms with E-state index in [2.05, 4.69) is 4.98 Å². The van der Waals surface area contributed by atoms with Gasteiger partial charge in [-0.25, -0.2) is 22.9 Å². The summed E-state index contributed by atoms with van der Waals surface area (Å²) in [5, 5.41) is 20.9. The van der Waals surface area contributed by atoms with Gasteiger partial charge in [-0.3, -0.25) is 14.9 Å². The zero-order valence-corrected chi connectivity index (χ0v) is 23.9. The third-order valence-corrected chi connectivity index (χ3v) is 8.02. The number of para-hydroxylation sites is 1. The van der Waals surface area contributed by atoms with E-state index in [1.165, 1.54) is 54.6 Å². The van der Waals surface area contributed by atoms with E-state index in [0.717, 1.165) is 16.7 Å². The van der Waals surface area contributed by atoms with E-state index < -0.39 is 55.6 Å². The van der Waals surface area contributed by atoms with Crippen molar-refractivity contribution in [1.29, 1.82) is 0 Å². The number of aromatic carboxylic acids is 1. The second-order valence-corrected chi connectivity index (χ2v) is 11.3. The van der Waals surface area contributed by atoms with Crippen LogP contribution >= 0.6 is 0 Å². The first-order valence-corrected chi connectivity index (χ1v) is 14.6. The first kappa shape index (κ1) is 31.9. The van der Waals surface area contributed by atoms with Gasteiger partial charge in [0.15, 0.2) is 11.4 Å². The van der Waals surface area contributed by atoms with Crippen LogP contribution in [0.4, 0.5) is 18.9 Å². The topological polar surface area (TPSA) is 162 Å². The zero-order chi connectivity index (χ0) is 32.2. The molecule has 1 heterocycles. The molecule has 4 aromatic rings. The molecule has 4 rings (SSSR count). The maximum Gasteiger partial charge on any atom is 0.435 e. The van der Waals surface area contributed by atoms with Crippen molar-refractivity contribution in [3.8, 4) is 11.1 Å². The van der Waals surface area contributed by atoms with Crippen molar-refractivity contribution in [3.63, 3.8) is 0 Å². The average Bonchev–Trinajstić information content (AvgIpc) is 3.35. The van der Waals surface area contributed by atoms with Gasteiger partial charge in [0.25, 0.3) is 21.6 Å². The van der Waals surface area contributed by atoms with E-state index in [1.54, 1.807) is 6.07 Å². The number of aryl methyl sites for hydroxylation is 1. The molecule has 0 unspecified atom stereocenters. The number of imidazole rings is 1. The summed E-state index contributed by atoms with van der Waals surface area (Å²) in [4.78, 5) is 38.4. The molecule has 0 atom stereocenters. The highest BCUT2D eigenvalue weighted by Crippen LogP contribution is 2.33. The van der Waals surface area contributed by atoms with E-state index >= 15 is 0 Å². The van der Waals surface area contributed by atoms with Gasteiger partial charge in [0.1, 0.15) is 11.4 Å². The highest BCUT2D eigenvalue weighted by Gasteiger charge is 2.41. The van der Waals surface area contributed by atoms with Gasteiger partial charge in [-0.2, -0.15) is 13.2 Å². The Balaban J connectivity index is 1.66. The fourth-order valence-corrected chi connectivity index (χ4v) is 5.78. The third-order valence-electron chi connectivity index (χ3n) is 6.63. The lowest BCUT2D eigenvalue weighted by Gasteiger charge is -2.14. The number of sulfonamides is 1. The molecule has 0 fully saturated rings. The first-order chi connectivity index (χ1) is 20.7. The van der Waals surface area contributed by atoms with Crippen LogP contribution in [0.15, 0.2) is 77.7 Å². The monoisotopic (exact) mass is 630 g/mol. The molecule has 0 aliphatic carbocycles. The molecular formula is C29H25F3N4O7S. The number of aromatic nitrogens is 2. The number of carboxylic acids is 1. The van der Waals surface area contributed by atoms with Crippen LogP contribution in [0.25, 0.3) is 11.1 Å². The van der Waals surface area contributed by atoms with Crippen molar-refractivity contribution in [3.05, 3.63) is 111 Å². The molecule has 0 saturated heterocycles. The Morgan fingerprint density at radius 1 is 1.02 bits per heavy atom. The van der Waals surface area contributed by atoms with Crippen molar-refractivity contribution >= 4 is 27.6 Å². The number of carboxylic acid groups (broad SMARTS) is 1. The van der Waals surface area contributed by atoms with Crippen molar-refractivity contribution in [2.75, 3.05) is 0 Å². The molecule has 3 aromatic carbocycles. The molecule has 2 N–H and O–H groups in total. The van der Waals surface area contributed by atoms with Gasteiger partial charge >= 0.3 is 12.1 Å². The Morgan fingerprint density at radius 2 is 1.66 bits per heavy atom. The van der Waals surface area contributed by atoms with E-state index in [9.17, 15) is 46.4 Å². The number of nitro benzene ring substituents is 1. The summed E-state index contributed by atoms with van der Waals surface area (Å²) in [7, 11) is -4.53. The fraction of sp³-hybridized carbons (Fsp3) is 0.207. The van der Waals surface area contributed by atoms with Crippen molar-refractivity contribution in [1.82, 2.24) is 14.3 Å². The van der Waals surface area contributed by atoms with Crippen LogP contribution in [0.5, 0.6) is 0 Å². The zero-order valence-electron chi connectivity index (χ0n) is 23.0. The second-order valence-electron chi connectivity index (χ2n) is 9.62. The Kier molecular flexibility index (Phi) is 9.18. The first-order valence-electron chi connectivity index (χ1n) is 13.1. The van der Waals surface area contributed by atoms with Crippen LogP contribution < -0.4 is 4.72 Å². The Hall–Kier alpha value is -5.05. The van der Waals surface area contributed by atoms with Crippen molar-refractivity contribution in [2.45, 2.75) is 43.8 Å². The van der Waals surface area contributed by atoms with Gasteiger partial charge < -0.3 is 9.67 Å². The largest absolute Gasteiger partial charge is 0.477 e. The van der Waals surface area contributed by atoms with Crippen LogP contribution in [0.2, 0.25) is 0 Å². The number of rotatable bonds is 11. The van der Waals surface area contributed by atoms with Gasteiger partial charge in [-0.15, -0.1) is 0 Å². The Morgan fingerprint density at radius 3 is 2.27 bits per heavy atom. The van der Waals surface area contributed by atoms with Crippen LogP contribution in [0, 0.1) is 10.1 Å². The predicted molar refractivity (Wildman–Crippen MR) is 152 cm³/mol. The molecule has 44 heavy (non-hydrogen) atoms. The number of nitrogens with one attached hydrogen (secondary N) is 1. The molecule has 0 spiro atoms. The molecule has 15 heteroatoms. The van der Waals surface area contributed by atoms with Gasteiger partial charge in [0, 0.05) is 24.6 Å². The van der Waals surface area contributed by atoms with E-state index in [-0.39, 0.29) is 29.2 Å². The quantitative estimate of drug-likeness (QED) is 0.158. The van der Waals surface area contributed by atoms with E-state index in [4.69, 9.17) is 0 Å². The number of alkyl halides is 3. The normalized spacial score (nSPS) is 11.7. The number of hydrogen-bond acceptors (Lipinski definition) is 7. The summed E-state index contributed by atoms with van der Waals surface area (Å²) in [6.45, 7) is 1.60. The second kappa shape index (κ2) is 12.7. The third kappa shape index (κ3) is 6.78. The molecular weight excluding hydrogens is 605 g/mol. The highest BCUT2D eigenvalue weighted by atomic mass is 32.2. The molecule has 0 saturated carbocycles. The molecule has 230 valence electrons. The van der Waals surface area contributed by atoms with E-state index in [0.29, 0.717) is 24.0 Å². The van der Waals surface area contributed by atoms with E-state index in [1.807, 2.05) is 11.6 Å². The summed E-state index contributed by atoms with van der Waals surface area (Å²) in [6, 6.07) is 16.6. The van der Waals surface area contributed by atoms with Crippen molar-refractivity contribution in [2.24, 2.45) is 0 Å². The number of nitrogens with zero attached hydrogens (tertiary/aromatic N) is 3. The lowest BCUT2D eigenvalue weighted by Crippen LogP contribution is -2.31. The number of amides is 1. The van der Waals surface area contributed by atoms with Crippen LogP contribution in [-0.2, 0) is 29.2 Å². The maximum atomic E-state index is 13.6. The number of nitro groups is 1. The number of carbonyl (C=O) groups is 2. The molecule has 0 aliphatic rings. The minimum Gasteiger partial charge on any atom is -0.477 e. The van der Waals surface area contributed by atoms with Crippen LogP contribution in [-0.4, -0.2) is 39.9 Å². The minimum atomic E-state index is -4.97. The lowest BCUT2D eigenvalue weighted by atomic mass is 10.0. The summed E-state index contributed by atoms with van der Waals surface area (Å²) in [6.07, 6.45) is -3.70. The molecule has 0 radical (unpaired) electrons. The number of carbonyl (C=O) groups excluding carboxylic acids is 1. The maximum absolute atomic E-state index is 13.6. The minimum absolute atomic E-state index is 0.0218. The van der Waals surface area contributed by atoms with Crippen LogP contribution in [0.3, 0.4) is 0 Å². The average molecular weight is 631 g/mol. The summed E-state index contributed by atoms with van der Waals surface area (Å²) in [5.74, 6) is -2.99. The van der Waals surface area contributed by atoms with Gasteiger partial charge in [-0.05, 0) is 29.7 Å². The lowest BCUT2D eigenvalue weighted by molar-refractivity contribution is -0.385. The molecule has 11 nitrogen and oxygen atoms in total. The molecule has 1 amide bonds. The van der Waals surface area contributed by atoms with Gasteiger partial charge in [0.05, 0.1) is 9.82 Å². The Labute approximate surface area is 249 Å². The summed E-state index contributed by atoms with van der Waals surface area (Å²) < 4.78 is 70.3. The molecule has 0 bridgehead atoms. The number of hydrogen-bond donors (Lipinski definition) is 2. The number of benzene rings is 3. The predicted octanol–water partition coefficient (Wildman–Crippen LogP) is 5.68. The van der Waals surface area contributed by atoms with Gasteiger partial charge in [-0.1, -0.05) is 67.9 Å². The Bertz CT molecular complexity index is 1840. The number of unbranched alkanes of at least 4 members (excludes halogenated alkanes) is 1. The molecule has 1 aromatic heterocycles. The highest BCUT2D eigenvalue weighted by molar-refractivity contribution is 7.90. The van der Waals surface area contributed by atoms with Gasteiger partial charge in [0.2, 0.25) is 0 Å². The standard InChI is InChI=1S/C29H25F3N4O7S/c1-2-3-12-24-33-26(29(30,31)32)25(28(38)39)35(24)17-18-13-15-19(16-14-18)20-8-5-7-11-23(20)44(42,43)34-27(37)21-9-4-6-10-22(21)36(40)41/h4-11,13-16H,2-3,12,17H2,1H3,(H,34,37)(H,38,39). The van der Waals surface area contributed by atoms with Crippen LogP contribution in [0.1, 0.15) is 57.7 Å². The fourth-order valence-electron chi connectivity index (χ4n) is 4.58. The number of halogens is 3.